The highest BCUT2D eigenvalue weighted by atomic mass is 16.3. The number of rotatable bonds is 4. The van der Waals surface area contributed by atoms with E-state index in [0.29, 0.717) is 0 Å². The Morgan fingerprint density at radius 3 is 1.39 bits per heavy atom. The molecule has 0 atom stereocenters. The molecule has 2 aromatic carbocycles. The van der Waals surface area contributed by atoms with Gasteiger partial charge in [-0.2, -0.15) is 0 Å². The molecule has 3 rings (SSSR count). The lowest BCUT2D eigenvalue weighted by Crippen LogP contribution is -1.93. The third-order valence-electron chi connectivity index (χ3n) is 3.43. The summed E-state index contributed by atoms with van der Waals surface area (Å²) in [6, 6.07) is 23.6. The first-order chi connectivity index (χ1) is 11.2. The molecule has 0 spiro atoms. The van der Waals surface area contributed by atoms with Gasteiger partial charge in [-0.3, -0.25) is 0 Å². The summed E-state index contributed by atoms with van der Waals surface area (Å²) < 4.78 is 5.89. The minimum absolute atomic E-state index is 0.756. The summed E-state index contributed by atoms with van der Waals surface area (Å²) in [5, 5.41) is 0. The highest BCUT2D eigenvalue weighted by Crippen LogP contribution is 2.17. The van der Waals surface area contributed by atoms with Crippen molar-refractivity contribution in [1.29, 1.82) is 0 Å². The summed E-state index contributed by atoms with van der Waals surface area (Å²) >= 11 is 0. The predicted octanol–water partition coefficient (Wildman–Crippen LogP) is 5.56. The van der Waals surface area contributed by atoms with Gasteiger partial charge in [0.1, 0.15) is 11.5 Å². The van der Waals surface area contributed by atoms with Gasteiger partial charge < -0.3 is 4.42 Å². The molecular formula is C20H18N2O. The minimum Gasteiger partial charge on any atom is -0.454 e. The van der Waals surface area contributed by atoms with E-state index in [0.717, 1.165) is 34.3 Å². The Labute approximate surface area is 136 Å². The fourth-order valence-electron chi connectivity index (χ4n) is 2.23. The molecule has 0 aliphatic carbocycles. The molecule has 23 heavy (non-hydrogen) atoms. The van der Waals surface area contributed by atoms with Crippen molar-refractivity contribution >= 4 is 22.8 Å². The fourth-order valence-corrected chi connectivity index (χ4v) is 2.23. The quantitative estimate of drug-likeness (QED) is 0.581. The topological polar surface area (TPSA) is 37.9 Å². The molecule has 1 aromatic heterocycles. The third-order valence-corrected chi connectivity index (χ3v) is 3.43. The molecule has 114 valence electrons. The molecule has 3 heteroatoms. The van der Waals surface area contributed by atoms with Crippen molar-refractivity contribution in [2.75, 3.05) is 0 Å². The Hall–Kier alpha value is -2.94. The first kappa shape index (κ1) is 15.0. The van der Waals surface area contributed by atoms with Crippen LogP contribution in [0.1, 0.15) is 25.4 Å². The van der Waals surface area contributed by atoms with Crippen molar-refractivity contribution in [3.05, 3.63) is 84.3 Å². The number of benzene rings is 2. The summed E-state index contributed by atoms with van der Waals surface area (Å²) in [4.78, 5) is 9.14. The van der Waals surface area contributed by atoms with Crippen molar-refractivity contribution in [3.8, 4) is 0 Å². The summed E-state index contributed by atoms with van der Waals surface area (Å²) in [7, 11) is 0. The van der Waals surface area contributed by atoms with Gasteiger partial charge in [0.05, 0.1) is 22.8 Å². The van der Waals surface area contributed by atoms with Crippen molar-refractivity contribution in [1.82, 2.24) is 0 Å². The summed E-state index contributed by atoms with van der Waals surface area (Å²) in [6.45, 7) is 3.89. The molecule has 3 nitrogen and oxygen atoms in total. The summed E-state index contributed by atoms with van der Waals surface area (Å²) in [6.07, 6.45) is 0. The fraction of sp³-hybridized carbons (Fsp3) is 0.100. The lowest BCUT2D eigenvalue weighted by molar-refractivity contribution is 0.548. The zero-order valence-corrected chi connectivity index (χ0v) is 13.2. The third kappa shape index (κ3) is 3.83. The lowest BCUT2D eigenvalue weighted by Gasteiger charge is -1.99. The number of furan rings is 1. The monoisotopic (exact) mass is 302 g/mol. The van der Waals surface area contributed by atoms with E-state index < -0.39 is 0 Å². The maximum absolute atomic E-state index is 5.89. The van der Waals surface area contributed by atoms with Crippen LogP contribution in [0.2, 0.25) is 0 Å². The van der Waals surface area contributed by atoms with Crippen LogP contribution in [0.25, 0.3) is 0 Å². The van der Waals surface area contributed by atoms with Crippen molar-refractivity contribution in [3.63, 3.8) is 0 Å². The molecule has 0 aliphatic heterocycles. The first-order valence-electron chi connectivity index (χ1n) is 7.53. The van der Waals surface area contributed by atoms with Gasteiger partial charge >= 0.3 is 0 Å². The SMILES string of the molecule is CC(=Nc1ccccc1)c1ccc(C(C)=Nc2ccccc2)o1. The van der Waals surface area contributed by atoms with Crippen LogP contribution in [-0.2, 0) is 0 Å². The number of nitrogens with zero attached hydrogens (tertiary/aromatic N) is 2. The molecule has 0 fully saturated rings. The van der Waals surface area contributed by atoms with E-state index in [1.807, 2.05) is 86.6 Å². The Morgan fingerprint density at radius 2 is 1.00 bits per heavy atom. The second-order valence-electron chi connectivity index (χ2n) is 5.23. The van der Waals surface area contributed by atoms with Gasteiger partial charge in [-0.05, 0) is 50.2 Å². The second kappa shape index (κ2) is 6.88. The summed E-state index contributed by atoms with van der Waals surface area (Å²) in [5.41, 5.74) is 3.51. The highest BCUT2D eigenvalue weighted by Gasteiger charge is 2.08. The highest BCUT2D eigenvalue weighted by molar-refractivity contribution is 6.01. The number of para-hydroxylation sites is 2. The van der Waals surface area contributed by atoms with Gasteiger partial charge in [0.2, 0.25) is 0 Å². The van der Waals surface area contributed by atoms with E-state index in [-0.39, 0.29) is 0 Å². The van der Waals surface area contributed by atoms with E-state index in [2.05, 4.69) is 9.98 Å². The Morgan fingerprint density at radius 1 is 0.609 bits per heavy atom. The van der Waals surface area contributed by atoms with Gasteiger partial charge in [-0.1, -0.05) is 36.4 Å². The standard InChI is InChI=1S/C20H18N2O/c1-15(21-17-9-5-3-6-10-17)19-13-14-20(23-19)16(2)22-18-11-7-4-8-12-18/h3-14H,1-2H3. The van der Waals surface area contributed by atoms with Crippen molar-refractivity contribution in [2.45, 2.75) is 13.8 Å². The molecule has 0 unspecified atom stereocenters. The number of hydrogen-bond donors (Lipinski definition) is 0. The average Bonchev–Trinajstić information content (AvgIpc) is 3.07. The van der Waals surface area contributed by atoms with E-state index in [1.165, 1.54) is 0 Å². The molecule has 0 saturated carbocycles. The maximum atomic E-state index is 5.89. The minimum atomic E-state index is 0.756. The molecule has 0 N–H and O–H groups in total. The van der Waals surface area contributed by atoms with Gasteiger partial charge in [0.15, 0.2) is 0 Å². The largest absolute Gasteiger partial charge is 0.454 e. The molecule has 0 saturated heterocycles. The second-order valence-corrected chi connectivity index (χ2v) is 5.23. The average molecular weight is 302 g/mol. The van der Waals surface area contributed by atoms with E-state index in [4.69, 9.17) is 4.42 Å². The number of aliphatic imine (C=N–C) groups is 2. The van der Waals surface area contributed by atoms with Crippen LogP contribution in [0.3, 0.4) is 0 Å². The normalized spacial score (nSPS) is 12.4. The Bertz CT molecular complexity index is 760. The van der Waals surface area contributed by atoms with Gasteiger partial charge in [0, 0.05) is 0 Å². The molecule has 1 heterocycles. The van der Waals surface area contributed by atoms with Crippen molar-refractivity contribution in [2.24, 2.45) is 9.98 Å². The predicted molar refractivity (Wildman–Crippen MR) is 95.3 cm³/mol. The van der Waals surface area contributed by atoms with Gasteiger partial charge in [-0.15, -0.1) is 0 Å². The summed E-state index contributed by atoms with van der Waals surface area (Å²) in [5.74, 6) is 1.51. The van der Waals surface area contributed by atoms with Crippen LogP contribution in [-0.4, -0.2) is 11.4 Å². The van der Waals surface area contributed by atoms with Gasteiger partial charge in [0.25, 0.3) is 0 Å². The van der Waals surface area contributed by atoms with Crippen LogP contribution in [0, 0.1) is 0 Å². The molecule has 0 aliphatic rings. The zero-order valence-electron chi connectivity index (χ0n) is 13.2. The van der Waals surface area contributed by atoms with Crippen LogP contribution in [0.4, 0.5) is 11.4 Å². The maximum Gasteiger partial charge on any atom is 0.148 e. The lowest BCUT2D eigenvalue weighted by atomic mass is 10.2. The molecule has 0 amide bonds. The molecule has 0 radical (unpaired) electrons. The molecule has 3 aromatic rings. The van der Waals surface area contributed by atoms with Gasteiger partial charge in [-0.25, -0.2) is 9.98 Å². The molecular weight excluding hydrogens is 284 g/mol. The van der Waals surface area contributed by atoms with Crippen LogP contribution in [0.15, 0.2) is 87.2 Å². The number of hydrogen-bond acceptors (Lipinski definition) is 3. The van der Waals surface area contributed by atoms with Crippen LogP contribution < -0.4 is 0 Å². The Balaban J connectivity index is 1.83. The van der Waals surface area contributed by atoms with E-state index in [1.54, 1.807) is 0 Å². The smallest absolute Gasteiger partial charge is 0.148 e. The van der Waals surface area contributed by atoms with Crippen molar-refractivity contribution < 1.29 is 4.42 Å². The van der Waals surface area contributed by atoms with Crippen LogP contribution >= 0.6 is 0 Å². The first-order valence-corrected chi connectivity index (χ1v) is 7.53. The zero-order chi connectivity index (χ0) is 16.1. The Kier molecular flexibility index (Phi) is 4.48. The van der Waals surface area contributed by atoms with Crippen LogP contribution in [0.5, 0.6) is 0 Å². The molecule has 0 bridgehead atoms. The van der Waals surface area contributed by atoms with E-state index in [9.17, 15) is 0 Å². The van der Waals surface area contributed by atoms with E-state index >= 15 is 0 Å².